The summed E-state index contributed by atoms with van der Waals surface area (Å²) in [4.78, 5) is 17.3. The van der Waals surface area contributed by atoms with E-state index in [1.165, 1.54) is 18.3 Å². The maximum Gasteiger partial charge on any atom is 0.258 e. The van der Waals surface area contributed by atoms with Crippen molar-refractivity contribution in [2.45, 2.75) is 13.8 Å². The molecule has 1 amide bonds. The lowest BCUT2D eigenvalue weighted by atomic mass is 9.98. The zero-order chi connectivity index (χ0) is 24.7. The third kappa shape index (κ3) is 3.95. The number of benzene rings is 3. The molecule has 0 atom stereocenters. The molecule has 1 N–H and O–H groups in total. The predicted octanol–water partition coefficient (Wildman–Crippen LogP) is 6.95. The number of pyridine rings is 1. The lowest BCUT2D eigenvalue weighted by molar-refractivity contribution is 0.102. The first-order chi connectivity index (χ1) is 16.8. The molecule has 0 spiro atoms. The lowest BCUT2D eigenvalue weighted by Crippen LogP contribution is -2.16. The molecule has 2 heterocycles. The van der Waals surface area contributed by atoms with E-state index in [1.54, 1.807) is 53.9 Å². The van der Waals surface area contributed by atoms with E-state index in [-0.39, 0.29) is 22.5 Å². The molecule has 2 aromatic heterocycles. The highest BCUT2D eigenvalue weighted by Gasteiger charge is 2.22. The molecule has 0 bridgehead atoms. The fraction of sp³-hybridized carbons (Fsp3) is 0.0714. The Bertz CT molecular complexity index is 1590. The van der Waals surface area contributed by atoms with Crippen molar-refractivity contribution in [3.8, 4) is 22.5 Å². The first-order valence-electron chi connectivity index (χ1n) is 10.9. The molecule has 4 nitrogen and oxygen atoms in total. The second-order valence-corrected chi connectivity index (χ2v) is 8.30. The summed E-state index contributed by atoms with van der Waals surface area (Å²) >= 11 is 0. The van der Waals surface area contributed by atoms with Gasteiger partial charge in [-0.3, -0.25) is 9.20 Å². The van der Waals surface area contributed by atoms with Crippen LogP contribution in [0.1, 0.15) is 21.5 Å². The van der Waals surface area contributed by atoms with Crippen LogP contribution < -0.4 is 5.32 Å². The normalized spacial score (nSPS) is 11.1. The Morgan fingerprint density at radius 3 is 2.34 bits per heavy atom. The van der Waals surface area contributed by atoms with Crippen molar-refractivity contribution in [3.63, 3.8) is 0 Å². The van der Waals surface area contributed by atoms with Crippen molar-refractivity contribution < 1.29 is 18.0 Å². The minimum atomic E-state index is -1.01. The number of imidazole rings is 1. The van der Waals surface area contributed by atoms with E-state index in [0.717, 1.165) is 11.6 Å². The monoisotopic (exact) mass is 471 g/mol. The molecule has 174 valence electrons. The molecule has 3 aromatic carbocycles. The van der Waals surface area contributed by atoms with Gasteiger partial charge in [0.25, 0.3) is 5.91 Å². The number of aryl methyl sites for hydroxylation is 2. The van der Waals surface area contributed by atoms with Gasteiger partial charge in [0.15, 0.2) is 11.6 Å². The Hall–Kier alpha value is -4.39. The number of hydrogen-bond acceptors (Lipinski definition) is 2. The van der Waals surface area contributed by atoms with Gasteiger partial charge in [0.05, 0.1) is 22.8 Å². The number of fused-ring (bicyclic) bond motifs is 1. The highest BCUT2D eigenvalue weighted by atomic mass is 19.2. The molecule has 5 rings (SSSR count). The maximum atomic E-state index is 15.8. The first kappa shape index (κ1) is 22.4. The number of hydrogen-bond donors (Lipinski definition) is 1. The Labute approximate surface area is 199 Å². The summed E-state index contributed by atoms with van der Waals surface area (Å²) in [7, 11) is 0. The molecule has 0 saturated carbocycles. The standard InChI is InChI=1S/C28H20F3N3O/c1-16-8-11-18(12-9-16)33-28(35)24-17(2)10-13-20(26(24)31)19-6-4-14-34-23(19)15-32-27(34)21-5-3-7-22(29)25(21)30/h3-15H,1-2H3,(H,33,35). The average Bonchev–Trinajstić information content (AvgIpc) is 3.27. The molecule has 5 aromatic rings. The largest absolute Gasteiger partial charge is 0.322 e. The third-order valence-electron chi connectivity index (χ3n) is 5.94. The summed E-state index contributed by atoms with van der Waals surface area (Å²) in [6.45, 7) is 3.60. The summed E-state index contributed by atoms with van der Waals surface area (Å²) < 4.78 is 45.6. The van der Waals surface area contributed by atoms with Gasteiger partial charge in [-0.2, -0.15) is 0 Å². The van der Waals surface area contributed by atoms with Crippen molar-refractivity contribution in [2.24, 2.45) is 0 Å². The highest BCUT2D eigenvalue weighted by Crippen LogP contribution is 2.33. The van der Waals surface area contributed by atoms with Crippen LogP contribution in [0.2, 0.25) is 0 Å². The van der Waals surface area contributed by atoms with Gasteiger partial charge >= 0.3 is 0 Å². The molecule has 35 heavy (non-hydrogen) atoms. The van der Waals surface area contributed by atoms with E-state index < -0.39 is 23.4 Å². The molecular formula is C28H20F3N3O. The zero-order valence-electron chi connectivity index (χ0n) is 18.9. The van der Waals surface area contributed by atoms with Gasteiger partial charge in [-0.05, 0) is 49.7 Å². The molecule has 0 aliphatic carbocycles. The van der Waals surface area contributed by atoms with Gasteiger partial charge in [-0.15, -0.1) is 0 Å². The van der Waals surface area contributed by atoms with Gasteiger partial charge in [-0.1, -0.05) is 42.0 Å². The van der Waals surface area contributed by atoms with Crippen LogP contribution >= 0.6 is 0 Å². The second-order valence-electron chi connectivity index (χ2n) is 8.30. The molecule has 7 heteroatoms. The molecule has 0 saturated heterocycles. The van der Waals surface area contributed by atoms with Crippen LogP contribution in [-0.2, 0) is 0 Å². The summed E-state index contributed by atoms with van der Waals surface area (Å²) in [5, 5.41) is 2.75. The predicted molar refractivity (Wildman–Crippen MR) is 130 cm³/mol. The fourth-order valence-corrected chi connectivity index (χ4v) is 4.12. The van der Waals surface area contributed by atoms with Crippen LogP contribution in [-0.4, -0.2) is 15.3 Å². The van der Waals surface area contributed by atoms with Crippen LogP contribution in [0.25, 0.3) is 28.0 Å². The lowest BCUT2D eigenvalue weighted by Gasteiger charge is -2.13. The Balaban J connectivity index is 1.60. The summed E-state index contributed by atoms with van der Waals surface area (Å²) in [5.41, 5.74) is 3.15. The molecule has 0 aliphatic rings. The minimum Gasteiger partial charge on any atom is -0.322 e. The Kier molecular flexibility index (Phi) is 5.61. The van der Waals surface area contributed by atoms with E-state index in [4.69, 9.17) is 0 Å². The number of halogens is 3. The van der Waals surface area contributed by atoms with E-state index in [0.29, 0.717) is 22.3 Å². The zero-order valence-corrected chi connectivity index (χ0v) is 18.9. The Morgan fingerprint density at radius 2 is 1.57 bits per heavy atom. The van der Waals surface area contributed by atoms with Crippen molar-refractivity contribution in [1.29, 1.82) is 0 Å². The van der Waals surface area contributed by atoms with Gasteiger partial charge in [-0.25, -0.2) is 18.2 Å². The van der Waals surface area contributed by atoms with Gasteiger partial charge in [0.1, 0.15) is 11.6 Å². The number of nitrogens with one attached hydrogen (secondary N) is 1. The number of anilines is 1. The smallest absolute Gasteiger partial charge is 0.258 e. The van der Waals surface area contributed by atoms with E-state index in [2.05, 4.69) is 10.3 Å². The van der Waals surface area contributed by atoms with E-state index >= 15 is 4.39 Å². The van der Waals surface area contributed by atoms with E-state index in [1.807, 2.05) is 19.1 Å². The van der Waals surface area contributed by atoms with Crippen LogP contribution in [0.3, 0.4) is 0 Å². The van der Waals surface area contributed by atoms with Crippen LogP contribution in [0.15, 0.2) is 79.1 Å². The van der Waals surface area contributed by atoms with Crippen LogP contribution in [0.4, 0.5) is 18.9 Å². The topological polar surface area (TPSA) is 46.4 Å². The highest BCUT2D eigenvalue weighted by molar-refractivity contribution is 6.06. The van der Waals surface area contributed by atoms with Crippen molar-refractivity contribution >= 4 is 17.1 Å². The molecule has 0 unspecified atom stereocenters. The molecule has 0 radical (unpaired) electrons. The van der Waals surface area contributed by atoms with E-state index in [9.17, 15) is 13.6 Å². The van der Waals surface area contributed by atoms with Gasteiger partial charge < -0.3 is 5.32 Å². The quantitative estimate of drug-likeness (QED) is 0.308. The van der Waals surface area contributed by atoms with Crippen molar-refractivity contribution in [3.05, 3.63) is 113 Å². The van der Waals surface area contributed by atoms with Gasteiger partial charge in [0.2, 0.25) is 0 Å². The van der Waals surface area contributed by atoms with Crippen molar-refractivity contribution in [2.75, 3.05) is 5.32 Å². The first-order valence-corrected chi connectivity index (χ1v) is 10.9. The minimum absolute atomic E-state index is 0.00954. The number of carbonyl (C=O) groups is 1. The van der Waals surface area contributed by atoms with Crippen LogP contribution in [0.5, 0.6) is 0 Å². The number of amides is 1. The van der Waals surface area contributed by atoms with Crippen molar-refractivity contribution in [1.82, 2.24) is 9.38 Å². The third-order valence-corrected chi connectivity index (χ3v) is 5.94. The maximum absolute atomic E-state index is 15.8. The number of nitrogens with zero attached hydrogens (tertiary/aromatic N) is 2. The summed E-state index contributed by atoms with van der Waals surface area (Å²) in [6, 6.07) is 17.7. The molecule has 0 aliphatic heterocycles. The Morgan fingerprint density at radius 1 is 0.829 bits per heavy atom. The second kappa shape index (κ2) is 8.76. The molecule has 0 fully saturated rings. The fourth-order valence-electron chi connectivity index (χ4n) is 4.12. The number of aromatic nitrogens is 2. The van der Waals surface area contributed by atoms with Crippen LogP contribution in [0, 0.1) is 31.3 Å². The SMILES string of the molecule is Cc1ccc(NC(=O)c2c(C)ccc(-c3cccn4c(-c5cccc(F)c5F)ncc34)c2F)cc1. The molecular weight excluding hydrogens is 451 g/mol. The number of rotatable bonds is 4. The average molecular weight is 471 g/mol. The number of carbonyl (C=O) groups excluding carboxylic acids is 1. The summed E-state index contributed by atoms with van der Waals surface area (Å²) in [5.74, 6) is -3.05. The van der Waals surface area contributed by atoms with Gasteiger partial charge in [0, 0.05) is 23.0 Å². The summed E-state index contributed by atoms with van der Waals surface area (Å²) in [6.07, 6.45) is 3.11.